The fraction of sp³-hybridized carbons (Fsp3) is 0.0909. The highest BCUT2D eigenvalue weighted by Gasteiger charge is 2.32. The molecule has 1 aliphatic carbocycles. The van der Waals surface area contributed by atoms with Gasteiger partial charge in [-0.25, -0.2) is 0 Å². The molecule has 0 saturated carbocycles. The summed E-state index contributed by atoms with van der Waals surface area (Å²) in [6.07, 6.45) is 0. The molecular weight excluding hydrogens is 340 g/mol. The molecule has 5 heteroatoms. The van der Waals surface area contributed by atoms with Crippen LogP contribution in [0.1, 0.15) is 20.7 Å². The summed E-state index contributed by atoms with van der Waals surface area (Å²) in [7, 11) is 0. The number of carbonyl (C=O) groups is 2. The Morgan fingerprint density at radius 3 is 2.50 bits per heavy atom. The van der Waals surface area contributed by atoms with E-state index >= 15 is 0 Å². The van der Waals surface area contributed by atoms with E-state index in [9.17, 15) is 14.7 Å². The first kappa shape index (κ1) is 11.5. The average Bonchev–Trinajstić information content (AvgIpc) is 2.26. The van der Waals surface area contributed by atoms with E-state index in [2.05, 4.69) is 31.9 Å². The molecule has 0 aliphatic heterocycles. The van der Waals surface area contributed by atoms with Gasteiger partial charge in [0.25, 0.3) is 0 Å². The molecule has 82 valence electrons. The standard InChI is InChI=1S/C11H6Br2O3/c12-4-6-9(13)11(16)5-2-1-3-7(14)8(5)10(6)15/h1-3,14H,4H2. The van der Waals surface area contributed by atoms with Crippen LogP contribution in [-0.2, 0) is 0 Å². The van der Waals surface area contributed by atoms with Crippen LogP contribution < -0.4 is 0 Å². The van der Waals surface area contributed by atoms with Crippen LogP contribution in [0.2, 0.25) is 0 Å². The Labute approximate surface area is 108 Å². The van der Waals surface area contributed by atoms with Crippen molar-refractivity contribution in [3.8, 4) is 5.75 Å². The summed E-state index contributed by atoms with van der Waals surface area (Å²) in [6, 6.07) is 4.47. The number of ketones is 2. The van der Waals surface area contributed by atoms with Gasteiger partial charge >= 0.3 is 0 Å². The number of benzene rings is 1. The normalized spacial score (nSPS) is 15.4. The monoisotopic (exact) mass is 344 g/mol. The first-order valence-corrected chi connectivity index (χ1v) is 6.35. The highest BCUT2D eigenvalue weighted by Crippen LogP contribution is 2.34. The number of hydrogen-bond acceptors (Lipinski definition) is 3. The summed E-state index contributed by atoms with van der Waals surface area (Å²) in [4.78, 5) is 23.9. The summed E-state index contributed by atoms with van der Waals surface area (Å²) >= 11 is 6.27. The SMILES string of the molecule is O=C1C(Br)=C(CBr)C(=O)c2c(O)cccc21. The molecule has 0 amide bonds. The summed E-state index contributed by atoms with van der Waals surface area (Å²) in [5.74, 6) is -0.759. The van der Waals surface area contributed by atoms with E-state index in [4.69, 9.17) is 0 Å². The van der Waals surface area contributed by atoms with Crippen LogP contribution in [0.15, 0.2) is 28.3 Å². The second kappa shape index (κ2) is 4.14. The molecule has 2 rings (SSSR count). The van der Waals surface area contributed by atoms with E-state index in [1.54, 1.807) is 6.07 Å². The molecule has 1 N–H and O–H groups in total. The Morgan fingerprint density at radius 1 is 1.19 bits per heavy atom. The van der Waals surface area contributed by atoms with E-state index < -0.39 is 0 Å². The van der Waals surface area contributed by atoms with Crippen LogP contribution in [0.25, 0.3) is 0 Å². The number of halogens is 2. The first-order valence-electron chi connectivity index (χ1n) is 4.44. The molecule has 0 heterocycles. The van der Waals surface area contributed by atoms with Crippen molar-refractivity contribution in [2.24, 2.45) is 0 Å². The lowest BCUT2D eigenvalue weighted by atomic mass is 9.89. The molecule has 0 unspecified atom stereocenters. The minimum absolute atomic E-state index is 0.0881. The van der Waals surface area contributed by atoms with Crippen LogP contribution in [0, 0.1) is 0 Å². The molecule has 0 saturated heterocycles. The lowest BCUT2D eigenvalue weighted by molar-refractivity contribution is 0.0980. The van der Waals surface area contributed by atoms with Crippen LogP contribution in [-0.4, -0.2) is 22.0 Å². The van der Waals surface area contributed by atoms with Crippen molar-refractivity contribution in [3.63, 3.8) is 0 Å². The van der Waals surface area contributed by atoms with E-state index in [0.717, 1.165) is 0 Å². The molecule has 0 aromatic heterocycles. The number of carbonyl (C=O) groups excluding carboxylic acids is 2. The third kappa shape index (κ3) is 1.55. The number of fused-ring (bicyclic) bond motifs is 1. The number of phenols is 1. The van der Waals surface area contributed by atoms with Crippen LogP contribution in [0.5, 0.6) is 5.75 Å². The molecule has 0 bridgehead atoms. The molecule has 1 aliphatic rings. The zero-order valence-electron chi connectivity index (χ0n) is 7.96. The van der Waals surface area contributed by atoms with E-state index in [1.165, 1.54) is 12.1 Å². The molecule has 0 spiro atoms. The molecule has 16 heavy (non-hydrogen) atoms. The van der Waals surface area contributed by atoms with Gasteiger partial charge in [0.2, 0.25) is 5.78 Å². The zero-order chi connectivity index (χ0) is 11.9. The van der Waals surface area contributed by atoms with Gasteiger partial charge < -0.3 is 5.11 Å². The molecular formula is C11H6Br2O3. The fourth-order valence-corrected chi connectivity index (χ4v) is 3.04. The number of phenolic OH excluding ortho intramolecular Hbond substituents is 1. The molecule has 0 atom stereocenters. The second-order valence-electron chi connectivity index (χ2n) is 3.28. The smallest absolute Gasteiger partial charge is 0.201 e. The van der Waals surface area contributed by atoms with Gasteiger partial charge in [0, 0.05) is 16.5 Å². The Hall–Kier alpha value is -0.940. The number of allylic oxidation sites excluding steroid dienone is 2. The van der Waals surface area contributed by atoms with Gasteiger partial charge in [-0.15, -0.1) is 0 Å². The van der Waals surface area contributed by atoms with Gasteiger partial charge in [-0.2, -0.15) is 0 Å². The highest BCUT2D eigenvalue weighted by molar-refractivity contribution is 9.12. The predicted octanol–water partition coefficient (Wildman–Crippen LogP) is 2.82. The lowest BCUT2D eigenvalue weighted by Crippen LogP contribution is -2.20. The zero-order valence-corrected chi connectivity index (χ0v) is 11.1. The lowest BCUT2D eigenvalue weighted by Gasteiger charge is -2.17. The highest BCUT2D eigenvalue weighted by atomic mass is 79.9. The predicted molar refractivity (Wildman–Crippen MR) is 66.5 cm³/mol. The number of rotatable bonds is 1. The van der Waals surface area contributed by atoms with Gasteiger partial charge in [-0.1, -0.05) is 22.0 Å². The number of aromatic hydroxyl groups is 1. The Kier molecular flexibility index (Phi) is 2.99. The van der Waals surface area contributed by atoms with E-state index in [-0.39, 0.29) is 38.3 Å². The maximum atomic E-state index is 12.0. The number of Topliss-reactive ketones (excluding diaryl/α,β-unsaturated/α-hetero) is 2. The van der Waals surface area contributed by atoms with Crippen LogP contribution >= 0.6 is 31.9 Å². The van der Waals surface area contributed by atoms with Gasteiger partial charge in [-0.05, 0) is 28.1 Å². The Morgan fingerprint density at radius 2 is 1.88 bits per heavy atom. The number of hydrogen-bond donors (Lipinski definition) is 1. The minimum atomic E-state index is -0.323. The first-order chi connectivity index (χ1) is 7.57. The summed E-state index contributed by atoms with van der Waals surface area (Å²) < 4.78 is 0.257. The third-order valence-corrected chi connectivity index (χ3v) is 3.79. The summed E-state index contributed by atoms with van der Waals surface area (Å²) in [6.45, 7) is 0. The molecule has 0 radical (unpaired) electrons. The average molecular weight is 346 g/mol. The Bertz CT molecular complexity index is 532. The van der Waals surface area contributed by atoms with Gasteiger partial charge in [0.1, 0.15) is 5.75 Å². The van der Waals surface area contributed by atoms with Crippen molar-refractivity contribution in [3.05, 3.63) is 39.4 Å². The van der Waals surface area contributed by atoms with E-state index in [0.29, 0.717) is 5.57 Å². The van der Waals surface area contributed by atoms with Crippen molar-refractivity contribution in [1.29, 1.82) is 0 Å². The largest absolute Gasteiger partial charge is 0.507 e. The van der Waals surface area contributed by atoms with Crippen LogP contribution in [0.4, 0.5) is 0 Å². The fourth-order valence-electron chi connectivity index (χ4n) is 1.59. The topological polar surface area (TPSA) is 54.4 Å². The van der Waals surface area contributed by atoms with Gasteiger partial charge in [0.15, 0.2) is 5.78 Å². The maximum absolute atomic E-state index is 12.0. The maximum Gasteiger partial charge on any atom is 0.201 e. The second-order valence-corrected chi connectivity index (χ2v) is 4.64. The molecule has 0 fully saturated rings. The number of alkyl halides is 1. The summed E-state index contributed by atoms with van der Waals surface area (Å²) in [5, 5.41) is 9.89. The van der Waals surface area contributed by atoms with Crippen LogP contribution in [0.3, 0.4) is 0 Å². The minimum Gasteiger partial charge on any atom is -0.507 e. The van der Waals surface area contributed by atoms with Crippen molar-refractivity contribution >= 4 is 43.4 Å². The molecule has 1 aromatic carbocycles. The van der Waals surface area contributed by atoms with Crippen molar-refractivity contribution in [1.82, 2.24) is 0 Å². The van der Waals surface area contributed by atoms with Crippen molar-refractivity contribution in [2.45, 2.75) is 0 Å². The molecule has 1 aromatic rings. The van der Waals surface area contributed by atoms with Gasteiger partial charge in [0.05, 0.1) is 10.0 Å². The van der Waals surface area contributed by atoms with Crippen molar-refractivity contribution < 1.29 is 14.7 Å². The van der Waals surface area contributed by atoms with Gasteiger partial charge in [-0.3, -0.25) is 9.59 Å². The van der Waals surface area contributed by atoms with E-state index in [1.807, 2.05) is 0 Å². The van der Waals surface area contributed by atoms with Crippen molar-refractivity contribution in [2.75, 3.05) is 5.33 Å². The third-order valence-electron chi connectivity index (χ3n) is 2.39. The summed E-state index contributed by atoms with van der Waals surface area (Å²) in [5.41, 5.74) is 0.658. The quantitative estimate of drug-likeness (QED) is 0.796. The molecule has 3 nitrogen and oxygen atoms in total. The Balaban J connectivity index is 2.75.